The van der Waals surface area contributed by atoms with Crippen molar-refractivity contribution in [2.45, 2.75) is 32.7 Å². The van der Waals surface area contributed by atoms with Crippen LogP contribution in [0.4, 0.5) is 0 Å². The average molecular weight is 293 g/mol. The molecule has 0 amide bonds. The number of ether oxygens (including phenoxy) is 1. The molecule has 5 nitrogen and oxygen atoms in total. The molecule has 2 rings (SSSR count). The molecule has 0 aliphatic carbocycles. The molecule has 1 aliphatic rings. The molecule has 2 heterocycles. The summed E-state index contributed by atoms with van der Waals surface area (Å²) in [6.45, 7) is 7.71. The van der Waals surface area contributed by atoms with E-state index in [4.69, 9.17) is 0 Å². The number of esters is 1. The van der Waals surface area contributed by atoms with Gasteiger partial charge in [0.15, 0.2) is 0 Å². The van der Waals surface area contributed by atoms with Crippen molar-refractivity contribution in [2.24, 2.45) is 5.92 Å². The van der Waals surface area contributed by atoms with Crippen molar-refractivity contribution < 1.29 is 9.53 Å². The number of likely N-dealkylation sites (tertiary alicyclic amines) is 1. The molecular weight excluding hydrogens is 266 g/mol. The third-order valence-corrected chi connectivity index (χ3v) is 3.98. The molecule has 21 heavy (non-hydrogen) atoms. The summed E-state index contributed by atoms with van der Waals surface area (Å²) in [5.41, 5.74) is 1.52. The molecule has 1 fully saturated rings. The first-order valence-electron chi connectivity index (χ1n) is 7.88. The lowest BCUT2D eigenvalue weighted by molar-refractivity contribution is 0.0594. The van der Waals surface area contributed by atoms with Gasteiger partial charge in [-0.25, -0.2) is 4.79 Å². The average Bonchev–Trinajstić information content (AvgIpc) is 2.96. The zero-order chi connectivity index (χ0) is 15.1. The number of nitrogens with zero attached hydrogens (tertiary/aromatic N) is 1. The van der Waals surface area contributed by atoms with Crippen LogP contribution in [0, 0.1) is 5.92 Å². The van der Waals surface area contributed by atoms with Crippen LogP contribution in [0.3, 0.4) is 0 Å². The van der Waals surface area contributed by atoms with E-state index in [-0.39, 0.29) is 5.97 Å². The highest BCUT2D eigenvalue weighted by Crippen LogP contribution is 2.10. The van der Waals surface area contributed by atoms with Gasteiger partial charge in [-0.3, -0.25) is 0 Å². The SMILES string of the molecule is COC(=O)c1ccc(CNCC(C)CN2CCCCC2)[nH]1. The number of aromatic nitrogens is 1. The van der Waals surface area contributed by atoms with Crippen LogP contribution in [-0.4, -0.2) is 49.1 Å². The molecule has 1 aliphatic heterocycles. The first-order valence-corrected chi connectivity index (χ1v) is 7.88. The third kappa shape index (κ3) is 5.17. The first kappa shape index (κ1) is 16.0. The lowest BCUT2D eigenvalue weighted by atomic mass is 10.1. The molecule has 2 N–H and O–H groups in total. The zero-order valence-corrected chi connectivity index (χ0v) is 13.2. The number of aromatic amines is 1. The maximum Gasteiger partial charge on any atom is 0.354 e. The van der Waals surface area contributed by atoms with Crippen LogP contribution in [0.5, 0.6) is 0 Å². The van der Waals surface area contributed by atoms with Crippen LogP contribution in [0.2, 0.25) is 0 Å². The Hall–Kier alpha value is -1.33. The minimum absolute atomic E-state index is 0.320. The molecule has 0 bridgehead atoms. The highest BCUT2D eigenvalue weighted by molar-refractivity contribution is 5.87. The summed E-state index contributed by atoms with van der Waals surface area (Å²) >= 11 is 0. The number of piperidine rings is 1. The number of nitrogens with one attached hydrogen (secondary N) is 2. The molecule has 1 saturated heterocycles. The van der Waals surface area contributed by atoms with Crippen molar-refractivity contribution in [3.8, 4) is 0 Å². The molecule has 0 saturated carbocycles. The van der Waals surface area contributed by atoms with E-state index in [2.05, 4.69) is 26.9 Å². The van der Waals surface area contributed by atoms with Gasteiger partial charge in [0, 0.05) is 18.8 Å². The van der Waals surface area contributed by atoms with E-state index in [1.165, 1.54) is 46.0 Å². The van der Waals surface area contributed by atoms with E-state index in [9.17, 15) is 4.79 Å². The fraction of sp³-hybridized carbons (Fsp3) is 0.688. The summed E-state index contributed by atoms with van der Waals surface area (Å²) < 4.78 is 4.68. The number of methoxy groups -OCH3 is 1. The Balaban J connectivity index is 1.66. The van der Waals surface area contributed by atoms with E-state index in [1.807, 2.05) is 6.07 Å². The molecule has 5 heteroatoms. The lowest BCUT2D eigenvalue weighted by Gasteiger charge is -2.29. The first-order chi connectivity index (χ1) is 10.2. The number of carbonyl (C=O) groups excluding carboxylic acids is 1. The highest BCUT2D eigenvalue weighted by atomic mass is 16.5. The Morgan fingerprint density at radius 2 is 2.14 bits per heavy atom. The normalized spacial score (nSPS) is 17.6. The second kappa shape index (κ2) is 8.20. The summed E-state index contributed by atoms with van der Waals surface area (Å²) in [7, 11) is 1.39. The van der Waals surface area contributed by atoms with Gasteiger partial charge in [-0.05, 0) is 50.5 Å². The monoisotopic (exact) mass is 293 g/mol. The van der Waals surface area contributed by atoms with Gasteiger partial charge in [0.05, 0.1) is 7.11 Å². The highest BCUT2D eigenvalue weighted by Gasteiger charge is 2.13. The smallest absolute Gasteiger partial charge is 0.354 e. The number of H-pyrrole nitrogens is 1. The second-order valence-corrected chi connectivity index (χ2v) is 5.99. The summed E-state index contributed by atoms with van der Waals surface area (Å²) in [5, 5.41) is 3.45. The van der Waals surface area contributed by atoms with Gasteiger partial charge in [-0.2, -0.15) is 0 Å². The van der Waals surface area contributed by atoms with E-state index >= 15 is 0 Å². The van der Waals surface area contributed by atoms with Crippen molar-refractivity contribution in [1.82, 2.24) is 15.2 Å². The Morgan fingerprint density at radius 3 is 2.86 bits per heavy atom. The standard InChI is InChI=1S/C16H27N3O2/c1-13(12-19-8-4-3-5-9-19)10-17-11-14-6-7-15(18-14)16(20)21-2/h6-7,13,17-18H,3-5,8-12H2,1-2H3. The van der Waals surface area contributed by atoms with Crippen LogP contribution in [0.25, 0.3) is 0 Å². The number of hydrogen-bond donors (Lipinski definition) is 2. The zero-order valence-electron chi connectivity index (χ0n) is 13.2. The summed E-state index contributed by atoms with van der Waals surface area (Å²) in [4.78, 5) is 17.0. The Morgan fingerprint density at radius 1 is 1.38 bits per heavy atom. The lowest BCUT2D eigenvalue weighted by Crippen LogP contribution is -2.36. The summed E-state index contributed by atoms with van der Waals surface area (Å²) in [6.07, 6.45) is 4.08. The van der Waals surface area contributed by atoms with Crippen molar-refractivity contribution in [3.05, 3.63) is 23.5 Å². The van der Waals surface area contributed by atoms with Gasteiger partial charge in [0.2, 0.25) is 0 Å². The molecule has 1 atom stereocenters. The van der Waals surface area contributed by atoms with Crippen molar-refractivity contribution in [3.63, 3.8) is 0 Å². The minimum atomic E-state index is -0.320. The Bertz CT molecular complexity index is 438. The summed E-state index contributed by atoms with van der Waals surface area (Å²) in [6, 6.07) is 3.69. The maximum absolute atomic E-state index is 11.4. The van der Waals surface area contributed by atoms with Crippen LogP contribution in [0.1, 0.15) is 42.4 Å². The van der Waals surface area contributed by atoms with Gasteiger partial charge in [-0.1, -0.05) is 13.3 Å². The van der Waals surface area contributed by atoms with E-state index in [0.717, 1.165) is 18.8 Å². The van der Waals surface area contributed by atoms with Gasteiger partial charge < -0.3 is 19.9 Å². The van der Waals surface area contributed by atoms with E-state index in [1.54, 1.807) is 6.07 Å². The molecule has 0 aromatic carbocycles. The molecule has 1 unspecified atom stereocenters. The predicted molar refractivity (Wildman–Crippen MR) is 83.3 cm³/mol. The minimum Gasteiger partial charge on any atom is -0.464 e. The fourth-order valence-corrected chi connectivity index (χ4v) is 2.87. The fourth-order valence-electron chi connectivity index (χ4n) is 2.87. The van der Waals surface area contributed by atoms with Crippen molar-refractivity contribution in [2.75, 3.05) is 33.3 Å². The molecule has 0 spiro atoms. The van der Waals surface area contributed by atoms with Crippen LogP contribution >= 0.6 is 0 Å². The Kier molecular flexibility index (Phi) is 6.26. The molecular formula is C16H27N3O2. The Labute approximate surface area is 127 Å². The number of hydrogen-bond acceptors (Lipinski definition) is 4. The van der Waals surface area contributed by atoms with E-state index < -0.39 is 0 Å². The van der Waals surface area contributed by atoms with Crippen LogP contribution in [-0.2, 0) is 11.3 Å². The van der Waals surface area contributed by atoms with Gasteiger partial charge in [0.25, 0.3) is 0 Å². The largest absolute Gasteiger partial charge is 0.464 e. The molecule has 0 radical (unpaired) electrons. The number of carbonyl (C=O) groups is 1. The van der Waals surface area contributed by atoms with Gasteiger partial charge in [-0.15, -0.1) is 0 Å². The predicted octanol–water partition coefficient (Wildman–Crippen LogP) is 2.01. The van der Waals surface area contributed by atoms with Crippen LogP contribution < -0.4 is 5.32 Å². The van der Waals surface area contributed by atoms with Gasteiger partial charge >= 0.3 is 5.97 Å². The molecule has 118 valence electrons. The summed E-state index contributed by atoms with van der Waals surface area (Å²) in [5.74, 6) is 0.317. The maximum atomic E-state index is 11.4. The van der Waals surface area contributed by atoms with Crippen LogP contribution in [0.15, 0.2) is 12.1 Å². The molecule has 1 aromatic heterocycles. The van der Waals surface area contributed by atoms with Crippen molar-refractivity contribution >= 4 is 5.97 Å². The quantitative estimate of drug-likeness (QED) is 0.755. The van der Waals surface area contributed by atoms with Gasteiger partial charge in [0.1, 0.15) is 5.69 Å². The second-order valence-electron chi connectivity index (χ2n) is 5.99. The van der Waals surface area contributed by atoms with Crippen molar-refractivity contribution in [1.29, 1.82) is 0 Å². The topological polar surface area (TPSA) is 57.4 Å². The number of rotatable bonds is 7. The van der Waals surface area contributed by atoms with E-state index in [0.29, 0.717) is 11.6 Å². The third-order valence-electron chi connectivity index (χ3n) is 3.98. The molecule has 1 aromatic rings.